The van der Waals surface area contributed by atoms with Crippen LogP contribution in [0.25, 0.3) is 11.1 Å². The fourth-order valence-electron chi connectivity index (χ4n) is 3.64. The molecule has 2 aliphatic rings. The minimum atomic E-state index is -0.357. The van der Waals surface area contributed by atoms with E-state index in [0.717, 1.165) is 29.0 Å². The molecule has 2 aromatic carbocycles. The van der Waals surface area contributed by atoms with E-state index in [1.807, 2.05) is 18.2 Å². The third-order valence-electron chi connectivity index (χ3n) is 4.92. The molecular formula is C19H17NO2. The van der Waals surface area contributed by atoms with Gasteiger partial charge in [-0.25, -0.2) is 4.98 Å². The summed E-state index contributed by atoms with van der Waals surface area (Å²) >= 11 is 0. The average molecular weight is 291 g/mol. The number of benzene rings is 2. The molecule has 0 saturated heterocycles. The molecule has 0 unspecified atom stereocenters. The lowest BCUT2D eigenvalue weighted by atomic mass is 9.91. The zero-order valence-corrected chi connectivity index (χ0v) is 12.2. The molecule has 1 fully saturated rings. The van der Waals surface area contributed by atoms with E-state index in [9.17, 15) is 5.11 Å². The van der Waals surface area contributed by atoms with Gasteiger partial charge >= 0.3 is 0 Å². The number of hydrogen-bond acceptors (Lipinski definition) is 3. The standard InChI is InChI=1S/C19H17NO2/c21-16-10-12-3-1-2-4-14(12)18(16)13-7-8-17-15(9-13)20-19(22-17)11-5-6-11/h1-4,7-9,11,16,18,21H,5-6,10H2/t16-,18-/m1/s1. The maximum atomic E-state index is 10.5. The van der Waals surface area contributed by atoms with Gasteiger partial charge in [-0.15, -0.1) is 0 Å². The predicted molar refractivity (Wildman–Crippen MR) is 84.0 cm³/mol. The van der Waals surface area contributed by atoms with E-state index in [4.69, 9.17) is 4.42 Å². The van der Waals surface area contributed by atoms with Crippen molar-refractivity contribution in [1.29, 1.82) is 0 Å². The van der Waals surface area contributed by atoms with Crippen LogP contribution in [-0.2, 0) is 6.42 Å². The van der Waals surface area contributed by atoms with Crippen molar-refractivity contribution in [3.8, 4) is 0 Å². The number of hydrogen-bond donors (Lipinski definition) is 1. The molecule has 5 rings (SSSR count). The molecule has 3 nitrogen and oxygen atoms in total. The maximum Gasteiger partial charge on any atom is 0.198 e. The van der Waals surface area contributed by atoms with Crippen LogP contribution in [-0.4, -0.2) is 16.2 Å². The molecule has 110 valence electrons. The molecular weight excluding hydrogens is 274 g/mol. The Balaban J connectivity index is 1.61. The van der Waals surface area contributed by atoms with E-state index in [2.05, 4.69) is 29.2 Å². The first-order valence-corrected chi connectivity index (χ1v) is 7.96. The Kier molecular flexibility index (Phi) is 2.50. The number of nitrogens with zero attached hydrogens (tertiary/aromatic N) is 1. The van der Waals surface area contributed by atoms with Crippen LogP contribution in [0.15, 0.2) is 46.9 Å². The molecule has 1 saturated carbocycles. The summed E-state index contributed by atoms with van der Waals surface area (Å²) in [5, 5.41) is 10.5. The van der Waals surface area contributed by atoms with Crippen molar-refractivity contribution in [1.82, 2.24) is 4.98 Å². The molecule has 1 aromatic heterocycles. The molecule has 2 atom stereocenters. The number of aromatic nitrogens is 1. The number of aliphatic hydroxyl groups excluding tert-OH is 1. The van der Waals surface area contributed by atoms with Gasteiger partial charge in [0, 0.05) is 11.8 Å². The van der Waals surface area contributed by atoms with Crippen molar-refractivity contribution in [2.24, 2.45) is 0 Å². The van der Waals surface area contributed by atoms with Gasteiger partial charge in [0.05, 0.1) is 6.10 Å². The van der Waals surface area contributed by atoms with Gasteiger partial charge in [0.1, 0.15) is 5.52 Å². The van der Waals surface area contributed by atoms with Gasteiger partial charge in [0.25, 0.3) is 0 Å². The average Bonchev–Trinajstić information content (AvgIpc) is 3.20. The first kappa shape index (κ1) is 12.4. The lowest BCUT2D eigenvalue weighted by Crippen LogP contribution is -2.14. The fourth-order valence-corrected chi connectivity index (χ4v) is 3.64. The van der Waals surface area contributed by atoms with Gasteiger partial charge in [-0.2, -0.15) is 0 Å². The number of oxazole rings is 1. The minimum Gasteiger partial charge on any atom is -0.440 e. The van der Waals surface area contributed by atoms with Crippen molar-refractivity contribution >= 4 is 11.1 Å². The molecule has 3 aromatic rings. The van der Waals surface area contributed by atoms with Gasteiger partial charge in [-0.05, 0) is 48.1 Å². The number of rotatable bonds is 2. The highest BCUT2D eigenvalue weighted by atomic mass is 16.3. The van der Waals surface area contributed by atoms with Crippen LogP contribution >= 0.6 is 0 Å². The Morgan fingerprint density at radius 3 is 2.82 bits per heavy atom. The Hall–Kier alpha value is -2.13. The van der Waals surface area contributed by atoms with E-state index in [1.54, 1.807) is 0 Å². The van der Waals surface area contributed by atoms with Crippen molar-refractivity contribution in [3.05, 3.63) is 65.0 Å². The molecule has 0 aliphatic heterocycles. The first-order chi connectivity index (χ1) is 10.8. The smallest absolute Gasteiger partial charge is 0.198 e. The zero-order chi connectivity index (χ0) is 14.7. The molecule has 3 heteroatoms. The van der Waals surface area contributed by atoms with Gasteiger partial charge in [-0.3, -0.25) is 0 Å². The van der Waals surface area contributed by atoms with Crippen molar-refractivity contribution in [2.75, 3.05) is 0 Å². The Morgan fingerprint density at radius 2 is 1.95 bits per heavy atom. The van der Waals surface area contributed by atoms with Crippen LogP contribution in [0.1, 0.15) is 47.3 Å². The molecule has 0 spiro atoms. The van der Waals surface area contributed by atoms with E-state index in [1.165, 1.54) is 24.0 Å². The topological polar surface area (TPSA) is 46.3 Å². The molecule has 0 bridgehead atoms. The third-order valence-corrected chi connectivity index (χ3v) is 4.92. The normalized spacial score (nSPS) is 23.9. The number of fused-ring (bicyclic) bond motifs is 2. The molecule has 2 aliphatic carbocycles. The monoisotopic (exact) mass is 291 g/mol. The summed E-state index contributed by atoms with van der Waals surface area (Å²) in [5.74, 6) is 1.44. The molecule has 22 heavy (non-hydrogen) atoms. The van der Waals surface area contributed by atoms with Crippen molar-refractivity contribution < 1.29 is 9.52 Å². The van der Waals surface area contributed by atoms with E-state index in [0.29, 0.717) is 5.92 Å². The minimum absolute atomic E-state index is 0.0432. The molecule has 1 heterocycles. The summed E-state index contributed by atoms with van der Waals surface area (Å²) in [6.45, 7) is 0. The summed E-state index contributed by atoms with van der Waals surface area (Å²) in [5.41, 5.74) is 5.38. The first-order valence-electron chi connectivity index (χ1n) is 7.96. The molecule has 1 N–H and O–H groups in total. The highest BCUT2D eigenvalue weighted by Gasteiger charge is 2.33. The van der Waals surface area contributed by atoms with Crippen LogP contribution in [0.3, 0.4) is 0 Å². The Morgan fingerprint density at radius 1 is 1.09 bits per heavy atom. The maximum absolute atomic E-state index is 10.5. The van der Waals surface area contributed by atoms with Crippen molar-refractivity contribution in [3.63, 3.8) is 0 Å². The highest BCUT2D eigenvalue weighted by molar-refractivity contribution is 5.74. The van der Waals surface area contributed by atoms with E-state index in [-0.39, 0.29) is 12.0 Å². The summed E-state index contributed by atoms with van der Waals surface area (Å²) < 4.78 is 5.83. The van der Waals surface area contributed by atoms with E-state index < -0.39 is 0 Å². The fraction of sp³-hybridized carbons (Fsp3) is 0.316. The molecule has 0 amide bonds. The second kappa shape index (κ2) is 4.43. The van der Waals surface area contributed by atoms with Crippen LogP contribution < -0.4 is 0 Å². The van der Waals surface area contributed by atoms with Crippen LogP contribution in [0.5, 0.6) is 0 Å². The zero-order valence-electron chi connectivity index (χ0n) is 12.2. The lowest BCUT2D eigenvalue weighted by molar-refractivity contribution is 0.169. The summed E-state index contributed by atoms with van der Waals surface area (Å²) in [4.78, 5) is 4.64. The van der Waals surface area contributed by atoms with Gasteiger partial charge in [0.15, 0.2) is 11.5 Å². The largest absolute Gasteiger partial charge is 0.440 e. The SMILES string of the molecule is O[C@@H]1Cc2ccccc2[C@H]1c1ccc2oc(C3CC3)nc2c1. The summed E-state index contributed by atoms with van der Waals surface area (Å²) in [7, 11) is 0. The van der Waals surface area contributed by atoms with Gasteiger partial charge < -0.3 is 9.52 Å². The predicted octanol–water partition coefficient (Wildman–Crippen LogP) is 3.75. The third kappa shape index (κ3) is 1.82. The lowest BCUT2D eigenvalue weighted by Gasteiger charge is -2.16. The van der Waals surface area contributed by atoms with E-state index >= 15 is 0 Å². The van der Waals surface area contributed by atoms with Crippen LogP contribution in [0.4, 0.5) is 0 Å². The number of aliphatic hydroxyl groups is 1. The van der Waals surface area contributed by atoms with Crippen molar-refractivity contribution in [2.45, 2.75) is 37.2 Å². The second-order valence-electron chi connectivity index (χ2n) is 6.50. The highest BCUT2D eigenvalue weighted by Crippen LogP contribution is 2.42. The second-order valence-corrected chi connectivity index (χ2v) is 6.50. The van der Waals surface area contributed by atoms with Crippen LogP contribution in [0.2, 0.25) is 0 Å². The van der Waals surface area contributed by atoms with Crippen LogP contribution in [0, 0.1) is 0 Å². The Bertz CT molecular complexity index is 863. The summed E-state index contributed by atoms with van der Waals surface area (Å²) in [6.07, 6.45) is 2.75. The quantitative estimate of drug-likeness (QED) is 0.782. The molecule has 0 radical (unpaired) electrons. The Labute approximate surface area is 128 Å². The summed E-state index contributed by atoms with van der Waals surface area (Å²) in [6, 6.07) is 14.5. The van der Waals surface area contributed by atoms with Gasteiger partial charge in [-0.1, -0.05) is 30.3 Å². The van der Waals surface area contributed by atoms with Gasteiger partial charge in [0.2, 0.25) is 0 Å².